The van der Waals surface area contributed by atoms with Gasteiger partial charge in [-0.15, -0.1) is 0 Å². The van der Waals surface area contributed by atoms with E-state index in [1.54, 1.807) is 24.3 Å². The Hall–Kier alpha value is -3.48. The van der Waals surface area contributed by atoms with E-state index < -0.39 is 34.6 Å². The Morgan fingerprint density at radius 3 is 2.56 bits per heavy atom. The summed E-state index contributed by atoms with van der Waals surface area (Å²) in [7, 11) is 0. The molecule has 0 aliphatic rings. The predicted molar refractivity (Wildman–Crippen MR) is 88.4 cm³/mol. The first-order chi connectivity index (χ1) is 12.0. The van der Waals surface area contributed by atoms with Gasteiger partial charge in [-0.05, 0) is 17.5 Å². The molecule has 7 heteroatoms. The average molecular weight is 341 g/mol. The number of aliphatic carboxylic acids is 1. The molecule has 1 N–H and O–H groups in total. The molecule has 0 bridgehead atoms. The van der Waals surface area contributed by atoms with Gasteiger partial charge >= 0.3 is 11.7 Å². The molecule has 0 spiro atoms. The van der Waals surface area contributed by atoms with E-state index in [4.69, 9.17) is 9.84 Å². The lowest BCUT2D eigenvalue weighted by molar-refractivity contribution is -0.385. The second kappa shape index (κ2) is 6.56. The van der Waals surface area contributed by atoms with Crippen molar-refractivity contribution in [1.29, 1.82) is 0 Å². The maximum absolute atomic E-state index is 14.6. The van der Waals surface area contributed by atoms with E-state index >= 15 is 0 Å². The number of ether oxygens (including phenoxy) is 1. The van der Waals surface area contributed by atoms with Crippen LogP contribution in [0.15, 0.2) is 54.6 Å². The monoisotopic (exact) mass is 341 g/mol. The van der Waals surface area contributed by atoms with Gasteiger partial charge in [0.1, 0.15) is 5.75 Å². The molecule has 0 heterocycles. The Bertz CT molecular complexity index is 981. The lowest BCUT2D eigenvalue weighted by Crippen LogP contribution is -2.05. The summed E-state index contributed by atoms with van der Waals surface area (Å²) in [6, 6.07) is 14.4. The number of nitro groups is 1. The smallest absolute Gasteiger partial charge is 0.314 e. The van der Waals surface area contributed by atoms with Gasteiger partial charge in [-0.3, -0.25) is 14.9 Å². The van der Waals surface area contributed by atoms with E-state index in [9.17, 15) is 19.3 Å². The zero-order valence-electron chi connectivity index (χ0n) is 12.8. The van der Waals surface area contributed by atoms with Crippen LogP contribution in [-0.2, 0) is 11.2 Å². The highest BCUT2D eigenvalue weighted by atomic mass is 19.1. The van der Waals surface area contributed by atoms with Crippen molar-refractivity contribution in [3.63, 3.8) is 0 Å². The Morgan fingerprint density at radius 2 is 1.84 bits per heavy atom. The summed E-state index contributed by atoms with van der Waals surface area (Å²) in [4.78, 5) is 21.3. The Morgan fingerprint density at radius 1 is 1.12 bits per heavy atom. The number of nitrogens with zero attached hydrogens (tertiary/aromatic N) is 1. The molecule has 6 nitrogen and oxygen atoms in total. The van der Waals surface area contributed by atoms with E-state index in [0.717, 1.165) is 17.5 Å². The highest BCUT2D eigenvalue weighted by Crippen LogP contribution is 2.38. The fourth-order valence-electron chi connectivity index (χ4n) is 2.52. The molecule has 3 aromatic rings. The molecular formula is C18H12FNO5. The molecule has 3 rings (SSSR count). The first-order valence-electron chi connectivity index (χ1n) is 7.30. The van der Waals surface area contributed by atoms with Crippen molar-refractivity contribution in [2.24, 2.45) is 0 Å². The Kier molecular flexibility index (Phi) is 4.30. The van der Waals surface area contributed by atoms with Crippen LogP contribution < -0.4 is 4.74 Å². The van der Waals surface area contributed by atoms with Crippen molar-refractivity contribution in [1.82, 2.24) is 0 Å². The molecule has 0 radical (unpaired) electrons. The van der Waals surface area contributed by atoms with Crippen molar-refractivity contribution < 1.29 is 24.0 Å². The first-order valence-corrected chi connectivity index (χ1v) is 7.30. The van der Waals surface area contributed by atoms with Crippen molar-refractivity contribution in [2.45, 2.75) is 6.42 Å². The summed E-state index contributed by atoms with van der Waals surface area (Å²) < 4.78 is 20.2. The number of nitro benzene ring substituents is 1. The highest BCUT2D eigenvalue weighted by Gasteiger charge is 2.25. The SMILES string of the molecule is O=C(O)Cc1ccc([N+](=O)[O-])c(Oc2cccc3ccccc23)c1F. The molecule has 0 unspecified atom stereocenters. The zero-order chi connectivity index (χ0) is 18.0. The lowest BCUT2D eigenvalue weighted by Gasteiger charge is -2.11. The molecule has 3 aromatic carbocycles. The van der Waals surface area contributed by atoms with Gasteiger partial charge in [0.05, 0.1) is 11.3 Å². The number of fused-ring (bicyclic) bond motifs is 1. The fourth-order valence-corrected chi connectivity index (χ4v) is 2.52. The molecule has 0 amide bonds. The second-order valence-corrected chi connectivity index (χ2v) is 5.29. The van der Waals surface area contributed by atoms with Crippen molar-refractivity contribution in [3.05, 3.63) is 76.1 Å². The summed E-state index contributed by atoms with van der Waals surface area (Å²) in [5, 5.41) is 21.5. The summed E-state index contributed by atoms with van der Waals surface area (Å²) in [5.74, 6) is -2.65. The average Bonchev–Trinajstić information content (AvgIpc) is 2.58. The highest BCUT2D eigenvalue weighted by molar-refractivity contribution is 5.88. The van der Waals surface area contributed by atoms with Crippen LogP contribution in [0, 0.1) is 15.9 Å². The number of rotatable bonds is 5. The van der Waals surface area contributed by atoms with Crippen LogP contribution in [0.2, 0.25) is 0 Å². The van der Waals surface area contributed by atoms with Gasteiger partial charge in [0, 0.05) is 17.0 Å². The summed E-state index contributed by atoms with van der Waals surface area (Å²) >= 11 is 0. The molecule has 0 aliphatic heterocycles. The maximum Gasteiger partial charge on any atom is 0.314 e. The van der Waals surface area contributed by atoms with Crippen LogP contribution in [0.25, 0.3) is 10.8 Å². The first kappa shape index (κ1) is 16.4. The molecule has 0 saturated carbocycles. The van der Waals surface area contributed by atoms with Gasteiger partial charge in [0.2, 0.25) is 5.75 Å². The number of carboxylic acids is 1. The summed E-state index contributed by atoms with van der Waals surface area (Å²) in [6.45, 7) is 0. The number of benzene rings is 3. The van der Waals surface area contributed by atoms with Crippen LogP contribution in [-0.4, -0.2) is 16.0 Å². The Balaban J connectivity index is 2.14. The van der Waals surface area contributed by atoms with Crippen molar-refractivity contribution in [2.75, 3.05) is 0 Å². The molecule has 0 aliphatic carbocycles. The molecule has 0 atom stereocenters. The third kappa shape index (κ3) is 3.25. The molecule has 126 valence electrons. The van der Waals surface area contributed by atoms with Crippen LogP contribution in [0.1, 0.15) is 5.56 Å². The fraction of sp³-hybridized carbons (Fsp3) is 0.0556. The molecule has 0 aromatic heterocycles. The molecule has 0 fully saturated rings. The number of hydrogen-bond donors (Lipinski definition) is 1. The third-order valence-corrected chi connectivity index (χ3v) is 3.66. The van der Waals surface area contributed by atoms with Crippen molar-refractivity contribution >= 4 is 22.4 Å². The van der Waals surface area contributed by atoms with E-state index in [2.05, 4.69) is 0 Å². The summed E-state index contributed by atoms with van der Waals surface area (Å²) in [5.41, 5.74) is -0.757. The Labute approximate surface area is 141 Å². The predicted octanol–water partition coefficient (Wildman–Crippen LogP) is 4.31. The zero-order valence-corrected chi connectivity index (χ0v) is 12.8. The molecule has 25 heavy (non-hydrogen) atoms. The topological polar surface area (TPSA) is 89.7 Å². The van der Waals surface area contributed by atoms with Crippen LogP contribution in [0.3, 0.4) is 0 Å². The number of halogens is 1. The maximum atomic E-state index is 14.6. The van der Waals surface area contributed by atoms with Gasteiger partial charge in [0.25, 0.3) is 0 Å². The van der Waals surface area contributed by atoms with E-state index in [1.165, 1.54) is 0 Å². The normalized spacial score (nSPS) is 10.6. The minimum absolute atomic E-state index is 0.187. The third-order valence-electron chi connectivity index (χ3n) is 3.66. The number of carboxylic acid groups (broad SMARTS) is 1. The minimum atomic E-state index is -1.25. The largest absolute Gasteiger partial charge is 0.481 e. The molecule has 0 saturated heterocycles. The van der Waals surface area contributed by atoms with Gasteiger partial charge in [0.15, 0.2) is 5.82 Å². The van der Waals surface area contributed by atoms with E-state index in [0.29, 0.717) is 5.39 Å². The van der Waals surface area contributed by atoms with Gasteiger partial charge in [-0.1, -0.05) is 36.4 Å². The van der Waals surface area contributed by atoms with Gasteiger partial charge in [-0.2, -0.15) is 0 Å². The van der Waals surface area contributed by atoms with Crippen LogP contribution in [0.5, 0.6) is 11.5 Å². The molecular weight excluding hydrogens is 329 g/mol. The van der Waals surface area contributed by atoms with Crippen LogP contribution >= 0.6 is 0 Å². The van der Waals surface area contributed by atoms with Crippen molar-refractivity contribution in [3.8, 4) is 11.5 Å². The van der Waals surface area contributed by atoms with Gasteiger partial charge < -0.3 is 9.84 Å². The van der Waals surface area contributed by atoms with E-state index in [1.807, 2.05) is 18.2 Å². The standard InChI is InChI=1S/C18H12FNO5/c19-17-12(10-16(21)22)8-9-14(20(23)24)18(17)25-15-7-3-5-11-4-1-2-6-13(11)15/h1-9H,10H2,(H,21,22). The quantitative estimate of drug-likeness (QED) is 0.552. The van der Waals surface area contributed by atoms with Crippen LogP contribution in [0.4, 0.5) is 10.1 Å². The number of carbonyl (C=O) groups is 1. The number of hydrogen-bond acceptors (Lipinski definition) is 4. The lowest BCUT2D eigenvalue weighted by atomic mass is 10.1. The van der Waals surface area contributed by atoms with E-state index in [-0.39, 0.29) is 11.3 Å². The second-order valence-electron chi connectivity index (χ2n) is 5.29. The minimum Gasteiger partial charge on any atom is -0.481 e. The van der Waals surface area contributed by atoms with Gasteiger partial charge in [-0.25, -0.2) is 4.39 Å². The summed E-state index contributed by atoms with van der Waals surface area (Å²) in [6.07, 6.45) is -0.601.